The molecular weight excluding hydrogens is 502 g/mol. The molecule has 210 valence electrons. The molecule has 0 unspecified atom stereocenters. The number of nitriles is 1. The van der Waals surface area contributed by atoms with Gasteiger partial charge in [0.15, 0.2) is 0 Å². The minimum atomic E-state index is -0.741. The van der Waals surface area contributed by atoms with Crippen molar-refractivity contribution < 1.29 is 4.79 Å². The number of aromatic nitrogens is 2. The zero-order valence-corrected chi connectivity index (χ0v) is 24.6. The molecule has 40 heavy (non-hydrogen) atoms. The van der Waals surface area contributed by atoms with Gasteiger partial charge in [-0.1, -0.05) is 6.07 Å². The van der Waals surface area contributed by atoms with Gasteiger partial charge in [0.25, 0.3) is 5.91 Å². The molecule has 0 saturated carbocycles. The smallest absolute Gasteiger partial charge is 0.255 e. The number of hydrogen-bond donors (Lipinski definition) is 3. The van der Waals surface area contributed by atoms with Crippen molar-refractivity contribution in [1.82, 2.24) is 25.6 Å². The minimum Gasteiger partial charge on any atom is -0.373 e. The lowest BCUT2D eigenvalue weighted by molar-refractivity contribution is 0.102. The molecule has 1 aliphatic heterocycles. The van der Waals surface area contributed by atoms with E-state index in [1.54, 1.807) is 0 Å². The van der Waals surface area contributed by atoms with Crippen LogP contribution in [-0.4, -0.2) is 54.8 Å². The Bertz CT molecular complexity index is 1480. The summed E-state index contributed by atoms with van der Waals surface area (Å²) in [5.41, 5.74) is 13.4. The molecule has 4 rings (SSSR count). The maximum atomic E-state index is 13.5. The average molecular weight is 542 g/mol. The van der Waals surface area contributed by atoms with E-state index in [0.717, 1.165) is 52.5 Å². The van der Waals surface area contributed by atoms with Crippen molar-refractivity contribution in [3.8, 4) is 6.07 Å². The Morgan fingerprint density at radius 3 is 2.52 bits per heavy atom. The number of nitrogens with zero attached hydrogens (tertiary/aromatic N) is 6. The predicted molar refractivity (Wildman–Crippen MR) is 161 cm³/mol. The Balaban J connectivity index is 1.60. The van der Waals surface area contributed by atoms with Gasteiger partial charge in [-0.3, -0.25) is 14.5 Å². The standard InChI is InChI=1S/C30H39N9O/c1-20-9-10-24(16-28(20)39-18-27(34-35-39)26-17-32-38(8)21(26)2)33-29(40)22-13-23(30(3,4)19-31)15-25(14-22)37(7)12-11-36(5)6/h9-10,13-18,34-35H,11-12H2,1-8H3,(H,33,40). The van der Waals surface area contributed by atoms with Crippen LogP contribution in [0.4, 0.5) is 17.1 Å². The summed E-state index contributed by atoms with van der Waals surface area (Å²) < 4.78 is 1.83. The van der Waals surface area contributed by atoms with Crippen LogP contribution < -0.4 is 26.2 Å². The Morgan fingerprint density at radius 2 is 1.88 bits per heavy atom. The van der Waals surface area contributed by atoms with Crippen molar-refractivity contribution in [1.29, 1.82) is 5.26 Å². The summed E-state index contributed by atoms with van der Waals surface area (Å²) in [6.45, 7) is 9.43. The molecule has 0 saturated heterocycles. The van der Waals surface area contributed by atoms with Crippen LogP contribution in [0.15, 0.2) is 48.8 Å². The Kier molecular flexibility index (Phi) is 8.18. The van der Waals surface area contributed by atoms with Crippen molar-refractivity contribution in [3.63, 3.8) is 0 Å². The van der Waals surface area contributed by atoms with Gasteiger partial charge in [-0.2, -0.15) is 10.4 Å². The topological polar surface area (TPSA) is 104 Å². The van der Waals surface area contributed by atoms with E-state index in [2.05, 4.69) is 37.2 Å². The van der Waals surface area contributed by atoms with Gasteiger partial charge in [0.1, 0.15) is 0 Å². The van der Waals surface area contributed by atoms with E-state index in [-0.39, 0.29) is 5.91 Å². The third kappa shape index (κ3) is 6.11. The zero-order chi connectivity index (χ0) is 29.2. The van der Waals surface area contributed by atoms with Crippen LogP contribution in [0.5, 0.6) is 0 Å². The highest BCUT2D eigenvalue weighted by molar-refractivity contribution is 6.05. The lowest BCUT2D eigenvalue weighted by Gasteiger charge is -2.25. The number of likely N-dealkylation sites (N-methyl/N-ethyl adjacent to an activating group) is 2. The minimum absolute atomic E-state index is 0.234. The van der Waals surface area contributed by atoms with Gasteiger partial charge in [-0.25, -0.2) is 0 Å². The van der Waals surface area contributed by atoms with E-state index >= 15 is 0 Å². The predicted octanol–water partition coefficient (Wildman–Crippen LogP) is 3.92. The molecule has 1 aromatic heterocycles. The van der Waals surface area contributed by atoms with Crippen LogP contribution in [0.2, 0.25) is 0 Å². The van der Waals surface area contributed by atoms with Gasteiger partial charge >= 0.3 is 0 Å². The Morgan fingerprint density at radius 1 is 1.12 bits per heavy atom. The molecular formula is C30H39N9O. The molecule has 3 N–H and O–H groups in total. The van der Waals surface area contributed by atoms with E-state index in [4.69, 9.17) is 0 Å². The molecule has 1 amide bonds. The molecule has 0 spiro atoms. The number of carbonyl (C=O) groups excluding carboxylic acids is 1. The van der Waals surface area contributed by atoms with Gasteiger partial charge in [0.05, 0.1) is 29.1 Å². The first-order valence-corrected chi connectivity index (χ1v) is 13.3. The molecule has 2 heterocycles. The fraction of sp³-hybridized carbons (Fsp3) is 0.367. The van der Waals surface area contributed by atoms with Gasteiger partial charge in [0, 0.05) is 61.6 Å². The molecule has 3 aromatic rings. The number of carbonyl (C=O) groups is 1. The maximum absolute atomic E-state index is 13.5. The molecule has 1 aliphatic rings. The lowest BCUT2D eigenvalue weighted by atomic mass is 9.85. The molecule has 0 aliphatic carbocycles. The highest BCUT2D eigenvalue weighted by atomic mass is 16.1. The SMILES string of the molecule is Cc1ccc(NC(=O)c2cc(N(C)CCN(C)C)cc(C(C)(C)C#N)c2)cc1N1C=C(c2cnn(C)c2C)NN1. The largest absolute Gasteiger partial charge is 0.373 e. The van der Waals surface area contributed by atoms with E-state index in [0.29, 0.717) is 11.3 Å². The zero-order valence-electron chi connectivity index (χ0n) is 24.6. The van der Waals surface area contributed by atoms with E-state index in [1.165, 1.54) is 0 Å². The van der Waals surface area contributed by atoms with E-state index < -0.39 is 5.41 Å². The summed E-state index contributed by atoms with van der Waals surface area (Å²) >= 11 is 0. The quantitative estimate of drug-likeness (QED) is 0.375. The Hall–Kier alpha value is -4.33. The molecule has 0 fully saturated rings. The number of rotatable bonds is 9. The summed E-state index contributed by atoms with van der Waals surface area (Å²) in [6.07, 6.45) is 3.80. The van der Waals surface area contributed by atoms with Gasteiger partial charge in [-0.15, -0.1) is 5.53 Å². The molecule has 10 heteroatoms. The van der Waals surface area contributed by atoms with Gasteiger partial charge in [-0.05, 0) is 83.2 Å². The summed E-state index contributed by atoms with van der Waals surface area (Å²) in [6, 6.07) is 13.9. The fourth-order valence-electron chi connectivity index (χ4n) is 4.36. The number of aryl methyl sites for hydroxylation is 2. The van der Waals surface area contributed by atoms with Crippen molar-refractivity contribution in [2.24, 2.45) is 7.05 Å². The number of benzene rings is 2. The van der Waals surface area contributed by atoms with Crippen LogP contribution in [0.1, 0.15) is 46.6 Å². The maximum Gasteiger partial charge on any atom is 0.255 e. The van der Waals surface area contributed by atoms with Crippen LogP contribution in [0.25, 0.3) is 5.70 Å². The van der Waals surface area contributed by atoms with Crippen molar-refractivity contribution in [3.05, 3.63) is 76.7 Å². The van der Waals surface area contributed by atoms with E-state index in [1.807, 2.05) is 114 Å². The monoisotopic (exact) mass is 541 g/mol. The van der Waals surface area contributed by atoms with Crippen LogP contribution >= 0.6 is 0 Å². The van der Waals surface area contributed by atoms with Gasteiger partial charge in [0.2, 0.25) is 0 Å². The summed E-state index contributed by atoms with van der Waals surface area (Å²) in [4.78, 5) is 17.8. The molecule has 0 radical (unpaired) electrons. The van der Waals surface area contributed by atoms with Crippen LogP contribution in [0, 0.1) is 25.2 Å². The number of hydrazine groups is 2. The summed E-state index contributed by atoms with van der Waals surface area (Å²) in [5.74, 6) is -0.234. The second kappa shape index (κ2) is 11.4. The summed E-state index contributed by atoms with van der Waals surface area (Å²) in [5, 5.41) is 19.1. The van der Waals surface area contributed by atoms with Crippen LogP contribution in [-0.2, 0) is 12.5 Å². The second-order valence-electron chi connectivity index (χ2n) is 11.1. The first-order chi connectivity index (χ1) is 18.9. The first-order valence-electron chi connectivity index (χ1n) is 13.3. The van der Waals surface area contributed by atoms with Gasteiger partial charge < -0.3 is 20.5 Å². The fourth-order valence-corrected chi connectivity index (χ4v) is 4.36. The highest BCUT2D eigenvalue weighted by Crippen LogP contribution is 2.30. The van der Waals surface area contributed by atoms with Crippen LogP contribution in [0.3, 0.4) is 0 Å². The Labute approximate surface area is 236 Å². The normalized spacial score (nSPS) is 13.2. The molecule has 0 atom stereocenters. The number of anilines is 3. The van der Waals surface area contributed by atoms with E-state index in [9.17, 15) is 10.1 Å². The van der Waals surface area contributed by atoms with Crippen molar-refractivity contribution in [2.45, 2.75) is 33.1 Å². The lowest BCUT2D eigenvalue weighted by Crippen LogP contribution is -2.36. The number of hydrogen-bond acceptors (Lipinski definition) is 8. The highest BCUT2D eigenvalue weighted by Gasteiger charge is 2.24. The first kappa shape index (κ1) is 28.7. The number of nitrogens with one attached hydrogen (secondary N) is 3. The number of amides is 1. The average Bonchev–Trinajstić information content (AvgIpc) is 3.54. The summed E-state index contributed by atoms with van der Waals surface area (Å²) in [7, 11) is 7.98. The third-order valence-electron chi connectivity index (χ3n) is 7.33. The van der Waals surface area contributed by atoms with Crippen molar-refractivity contribution >= 4 is 28.7 Å². The second-order valence-corrected chi connectivity index (χ2v) is 11.1. The third-order valence-corrected chi connectivity index (χ3v) is 7.33. The molecule has 2 aromatic carbocycles. The van der Waals surface area contributed by atoms with Crippen molar-refractivity contribution in [2.75, 3.05) is 49.5 Å². The molecule has 0 bridgehead atoms. The molecule has 10 nitrogen and oxygen atoms in total.